The van der Waals surface area contributed by atoms with E-state index in [-0.39, 0.29) is 17.6 Å². The van der Waals surface area contributed by atoms with Gasteiger partial charge in [-0.2, -0.15) is 4.31 Å². The quantitative estimate of drug-likeness (QED) is 0.590. The van der Waals surface area contributed by atoms with Gasteiger partial charge in [0.05, 0.1) is 0 Å². The second kappa shape index (κ2) is 8.81. The van der Waals surface area contributed by atoms with Crippen molar-refractivity contribution in [3.8, 4) is 5.75 Å². The van der Waals surface area contributed by atoms with Crippen LogP contribution < -0.4 is 4.74 Å². The van der Waals surface area contributed by atoms with Crippen molar-refractivity contribution in [2.45, 2.75) is 17.8 Å². The third kappa shape index (κ3) is 5.85. The molecule has 0 unspecified atom stereocenters. The summed E-state index contributed by atoms with van der Waals surface area (Å²) in [5.74, 6) is -0.754. The molecular formula is C18H17BrClF3N2O3S. The van der Waals surface area contributed by atoms with Gasteiger partial charge in [-0.1, -0.05) is 39.7 Å². The fourth-order valence-corrected chi connectivity index (χ4v) is 5.00. The molecular weight excluding hydrogens is 497 g/mol. The average Bonchev–Trinajstić information content (AvgIpc) is 2.62. The van der Waals surface area contributed by atoms with Gasteiger partial charge in [-0.15, -0.1) is 13.2 Å². The van der Waals surface area contributed by atoms with Gasteiger partial charge in [0.15, 0.2) is 5.75 Å². The van der Waals surface area contributed by atoms with Gasteiger partial charge in [0.25, 0.3) is 0 Å². The minimum atomic E-state index is -5.00. The Hall–Kier alpha value is -1.33. The molecule has 3 rings (SSSR count). The molecule has 0 N–H and O–H groups in total. The van der Waals surface area contributed by atoms with Crippen molar-refractivity contribution in [1.29, 1.82) is 0 Å². The summed E-state index contributed by atoms with van der Waals surface area (Å²) >= 11 is 8.91. The third-order valence-electron chi connectivity index (χ3n) is 4.40. The second-order valence-corrected chi connectivity index (χ2v) is 9.70. The van der Waals surface area contributed by atoms with Crippen molar-refractivity contribution in [1.82, 2.24) is 9.21 Å². The number of piperazine rings is 1. The summed E-state index contributed by atoms with van der Waals surface area (Å²) in [4.78, 5) is 1.56. The molecule has 1 fully saturated rings. The first kappa shape index (κ1) is 22.4. The Kier molecular flexibility index (Phi) is 6.79. The van der Waals surface area contributed by atoms with Crippen molar-refractivity contribution in [3.05, 3.63) is 57.5 Å². The molecule has 0 amide bonds. The van der Waals surface area contributed by atoms with Crippen LogP contribution in [0.4, 0.5) is 13.2 Å². The van der Waals surface area contributed by atoms with Gasteiger partial charge in [-0.05, 0) is 35.9 Å². The van der Waals surface area contributed by atoms with E-state index >= 15 is 0 Å². The molecule has 1 aliphatic heterocycles. The van der Waals surface area contributed by atoms with Crippen molar-refractivity contribution in [2.75, 3.05) is 26.2 Å². The molecule has 0 aliphatic carbocycles. The van der Waals surface area contributed by atoms with Crippen molar-refractivity contribution < 1.29 is 26.3 Å². The summed E-state index contributed by atoms with van der Waals surface area (Å²) in [6.45, 7) is 1.86. The first-order chi connectivity index (χ1) is 13.5. The molecule has 2 aromatic rings. The zero-order valence-corrected chi connectivity index (χ0v) is 18.2. The Morgan fingerprint density at radius 1 is 1.03 bits per heavy atom. The normalized spacial score (nSPS) is 16.7. The largest absolute Gasteiger partial charge is 0.573 e. The zero-order valence-electron chi connectivity index (χ0n) is 15.0. The van der Waals surface area contributed by atoms with Crippen LogP contribution in [0.5, 0.6) is 5.75 Å². The van der Waals surface area contributed by atoms with Gasteiger partial charge in [0, 0.05) is 42.2 Å². The highest BCUT2D eigenvalue weighted by molar-refractivity contribution is 9.10. The Morgan fingerprint density at radius 2 is 1.66 bits per heavy atom. The molecule has 2 aromatic carbocycles. The monoisotopic (exact) mass is 512 g/mol. The lowest BCUT2D eigenvalue weighted by atomic mass is 10.2. The number of hydrogen-bond acceptors (Lipinski definition) is 4. The minimum Gasteiger partial charge on any atom is -0.404 e. The number of benzene rings is 2. The summed E-state index contributed by atoms with van der Waals surface area (Å²) in [6, 6.07) is 10.8. The average molecular weight is 514 g/mol. The van der Waals surface area contributed by atoms with Crippen molar-refractivity contribution in [2.24, 2.45) is 0 Å². The molecule has 0 radical (unpaired) electrons. The van der Waals surface area contributed by atoms with Crippen molar-refractivity contribution in [3.63, 3.8) is 0 Å². The minimum absolute atomic E-state index is 0.164. The van der Waals surface area contributed by atoms with Crippen LogP contribution in [0.2, 0.25) is 5.02 Å². The number of halogens is 5. The fraction of sp³-hybridized carbons (Fsp3) is 0.333. The predicted molar refractivity (Wildman–Crippen MR) is 106 cm³/mol. The SMILES string of the molecule is O=S(=O)(c1ccc(Br)cc1OC(F)(F)F)N1CCN(Cc2ccc(Cl)cc2)CC1. The number of alkyl halides is 3. The van der Waals surface area contributed by atoms with Gasteiger partial charge in [0.2, 0.25) is 10.0 Å². The van der Waals surface area contributed by atoms with Gasteiger partial charge in [-0.25, -0.2) is 8.42 Å². The molecule has 0 spiro atoms. The Labute approximate surface area is 180 Å². The summed E-state index contributed by atoms with van der Waals surface area (Å²) in [6.07, 6.45) is -5.00. The maximum absolute atomic E-state index is 12.9. The maximum Gasteiger partial charge on any atom is 0.573 e. The van der Waals surface area contributed by atoms with E-state index < -0.39 is 27.0 Å². The summed E-state index contributed by atoms with van der Waals surface area (Å²) in [5.41, 5.74) is 1.04. The first-order valence-electron chi connectivity index (χ1n) is 8.57. The van der Waals surface area contributed by atoms with Gasteiger partial charge in [-0.3, -0.25) is 4.90 Å². The number of sulfonamides is 1. The highest BCUT2D eigenvalue weighted by Crippen LogP contribution is 2.34. The fourth-order valence-electron chi connectivity index (χ4n) is 3.01. The van der Waals surface area contributed by atoms with Crippen LogP contribution in [0.15, 0.2) is 51.8 Å². The van der Waals surface area contributed by atoms with Crippen LogP contribution in [-0.2, 0) is 16.6 Å². The molecule has 29 heavy (non-hydrogen) atoms. The van der Waals surface area contributed by atoms with Crippen LogP contribution in [-0.4, -0.2) is 50.2 Å². The van der Waals surface area contributed by atoms with E-state index in [1.54, 1.807) is 12.1 Å². The molecule has 11 heteroatoms. The lowest BCUT2D eigenvalue weighted by Gasteiger charge is -2.34. The van der Waals surface area contributed by atoms with Crippen LogP contribution in [0, 0.1) is 0 Å². The summed E-state index contributed by atoms with van der Waals surface area (Å²) in [7, 11) is -4.14. The van der Waals surface area contributed by atoms with E-state index in [0.29, 0.717) is 24.7 Å². The molecule has 5 nitrogen and oxygen atoms in total. The van der Waals surface area contributed by atoms with Gasteiger partial charge in [0.1, 0.15) is 4.90 Å². The lowest BCUT2D eigenvalue weighted by Crippen LogP contribution is -2.48. The van der Waals surface area contributed by atoms with Crippen LogP contribution >= 0.6 is 27.5 Å². The Bertz CT molecular complexity index is 963. The first-order valence-corrected chi connectivity index (χ1v) is 11.2. The van der Waals surface area contributed by atoms with Crippen LogP contribution in [0.1, 0.15) is 5.56 Å². The van der Waals surface area contributed by atoms with E-state index in [1.807, 2.05) is 12.1 Å². The molecule has 0 bridgehead atoms. The predicted octanol–water partition coefficient (Wildman–Crippen LogP) is 4.51. The van der Waals surface area contributed by atoms with Gasteiger partial charge >= 0.3 is 6.36 Å². The van der Waals surface area contributed by atoms with Crippen molar-refractivity contribution >= 4 is 37.6 Å². The molecule has 158 valence electrons. The van der Waals surface area contributed by atoms with E-state index in [9.17, 15) is 21.6 Å². The summed E-state index contributed by atoms with van der Waals surface area (Å²) < 4.78 is 69.4. The zero-order chi connectivity index (χ0) is 21.2. The lowest BCUT2D eigenvalue weighted by molar-refractivity contribution is -0.275. The maximum atomic E-state index is 12.9. The highest BCUT2D eigenvalue weighted by Gasteiger charge is 2.36. The smallest absolute Gasteiger partial charge is 0.404 e. The van der Waals surface area contributed by atoms with E-state index in [4.69, 9.17) is 11.6 Å². The molecule has 1 heterocycles. The van der Waals surface area contributed by atoms with Crippen LogP contribution in [0.25, 0.3) is 0 Å². The standard InChI is InChI=1S/C18H17BrClF3N2O3S/c19-14-3-6-17(16(11-14)28-18(21,22)23)29(26,27)25-9-7-24(8-10-25)12-13-1-4-15(20)5-2-13/h1-6,11H,7-10,12H2. The molecule has 0 aromatic heterocycles. The Balaban J connectivity index is 1.72. The number of nitrogens with zero attached hydrogens (tertiary/aromatic N) is 2. The number of rotatable bonds is 5. The van der Waals surface area contributed by atoms with Crippen LogP contribution in [0.3, 0.4) is 0 Å². The molecule has 1 saturated heterocycles. The third-order valence-corrected chi connectivity index (χ3v) is 7.08. The molecule has 1 aliphatic rings. The Morgan fingerprint density at radius 3 is 2.24 bits per heavy atom. The molecule has 0 saturated carbocycles. The number of ether oxygens (including phenoxy) is 1. The van der Waals surface area contributed by atoms with Gasteiger partial charge < -0.3 is 4.74 Å². The van der Waals surface area contributed by atoms with E-state index in [1.165, 1.54) is 10.4 Å². The second-order valence-electron chi connectivity index (χ2n) is 6.45. The summed E-state index contributed by atoms with van der Waals surface area (Å²) in [5, 5.41) is 0.635. The van der Waals surface area contributed by atoms with E-state index in [2.05, 4.69) is 25.6 Å². The highest BCUT2D eigenvalue weighted by atomic mass is 79.9. The molecule has 0 atom stereocenters. The topological polar surface area (TPSA) is 49.9 Å². The number of hydrogen-bond donors (Lipinski definition) is 0. The van der Waals surface area contributed by atoms with E-state index in [0.717, 1.165) is 17.7 Å².